The lowest BCUT2D eigenvalue weighted by atomic mass is 9.79. The van der Waals surface area contributed by atoms with Gasteiger partial charge in [0.05, 0.1) is 21.5 Å². The molecule has 0 spiro atoms. The molecule has 5 heteroatoms. The van der Waals surface area contributed by atoms with E-state index >= 15 is 0 Å². The quantitative estimate of drug-likeness (QED) is 0.182. The predicted molar refractivity (Wildman–Crippen MR) is 241 cm³/mol. The molecule has 4 nitrogen and oxygen atoms in total. The number of rotatable bonds is 4. The second kappa shape index (κ2) is 12.9. The molecule has 10 rings (SSSR count). The lowest BCUT2D eigenvalue weighted by molar-refractivity contribution is 0.446. The van der Waals surface area contributed by atoms with Crippen LogP contribution in [0.1, 0.15) is 52.7 Å². The van der Waals surface area contributed by atoms with Crippen molar-refractivity contribution in [3.8, 4) is 49.8 Å². The first-order valence-electron chi connectivity index (χ1n) is 19.5. The number of hydrogen-bond donors (Lipinski definition) is 1. The molecule has 0 aliphatic heterocycles. The summed E-state index contributed by atoms with van der Waals surface area (Å²) in [5.74, 6) is 0.300. The molecule has 7 aromatic carbocycles. The van der Waals surface area contributed by atoms with E-state index in [1.807, 2.05) is 12.3 Å². The standard InChI is InChI=1S/C52H42N2O2S/c1-51(2,3)35-27-42(48(55)43(28-35)52(4,5)6)50-54-47-37(17-12-18-46(47)57-50)34-23-40-39-29-38-33(20-19-31-15-10-11-16-36(31)38)26-45(39)56-49(40)41(24-34)44-25-32(21-22-53-44)30-13-8-7-9-14-30/h7-29,55H,1-6H3. The average molecular weight is 759 g/mol. The van der Waals surface area contributed by atoms with Gasteiger partial charge in [0.2, 0.25) is 0 Å². The highest BCUT2D eigenvalue weighted by Gasteiger charge is 2.27. The summed E-state index contributed by atoms with van der Waals surface area (Å²) < 4.78 is 7.91. The van der Waals surface area contributed by atoms with Gasteiger partial charge in [0.25, 0.3) is 0 Å². The largest absolute Gasteiger partial charge is 0.507 e. The van der Waals surface area contributed by atoms with E-state index in [4.69, 9.17) is 14.4 Å². The summed E-state index contributed by atoms with van der Waals surface area (Å²) in [5.41, 5.74) is 11.1. The number of thiazole rings is 1. The number of aromatic hydroxyl groups is 1. The van der Waals surface area contributed by atoms with Crippen LogP contribution in [-0.4, -0.2) is 15.1 Å². The SMILES string of the molecule is CC(C)(C)c1cc(-c2nc3c(-c4cc(-c5cc(-c6ccccc6)ccn5)c5oc6cc7ccc8ccccc8c7cc6c5c4)cccc3s2)c(O)c(C(C)(C)C)c1. The lowest BCUT2D eigenvalue weighted by Crippen LogP contribution is -2.17. The van der Waals surface area contributed by atoms with Crippen LogP contribution in [0, 0.1) is 0 Å². The van der Waals surface area contributed by atoms with Crippen molar-refractivity contribution in [2.24, 2.45) is 0 Å². The van der Waals surface area contributed by atoms with Crippen molar-refractivity contribution in [3.63, 3.8) is 0 Å². The van der Waals surface area contributed by atoms with Gasteiger partial charge in [-0.1, -0.05) is 126 Å². The van der Waals surface area contributed by atoms with Gasteiger partial charge in [-0.15, -0.1) is 11.3 Å². The van der Waals surface area contributed by atoms with Crippen molar-refractivity contribution >= 4 is 65.0 Å². The zero-order valence-electron chi connectivity index (χ0n) is 32.9. The summed E-state index contributed by atoms with van der Waals surface area (Å²) in [5, 5.41) is 19.5. The van der Waals surface area contributed by atoms with Gasteiger partial charge in [-0.25, -0.2) is 4.98 Å². The van der Waals surface area contributed by atoms with Crippen molar-refractivity contribution in [2.45, 2.75) is 52.4 Å². The topological polar surface area (TPSA) is 59.2 Å². The Morgan fingerprint density at radius 1 is 0.561 bits per heavy atom. The summed E-state index contributed by atoms with van der Waals surface area (Å²) >= 11 is 1.62. The van der Waals surface area contributed by atoms with Gasteiger partial charge in [0, 0.05) is 33.7 Å². The second-order valence-corrected chi connectivity index (χ2v) is 18.3. The van der Waals surface area contributed by atoms with Gasteiger partial charge < -0.3 is 9.52 Å². The number of pyridine rings is 1. The molecule has 0 aliphatic carbocycles. The number of fused-ring (bicyclic) bond motifs is 7. The molecule has 0 saturated heterocycles. The minimum atomic E-state index is -0.245. The van der Waals surface area contributed by atoms with Crippen LogP contribution in [-0.2, 0) is 10.8 Å². The van der Waals surface area contributed by atoms with Crippen molar-refractivity contribution < 1.29 is 9.52 Å². The highest BCUT2D eigenvalue weighted by molar-refractivity contribution is 7.21. The first kappa shape index (κ1) is 35.1. The van der Waals surface area contributed by atoms with E-state index in [-0.39, 0.29) is 10.8 Å². The Balaban J connectivity index is 1.23. The van der Waals surface area contributed by atoms with E-state index in [9.17, 15) is 5.11 Å². The summed E-state index contributed by atoms with van der Waals surface area (Å²) in [6.07, 6.45) is 1.89. The van der Waals surface area contributed by atoms with E-state index in [1.54, 1.807) is 11.3 Å². The number of para-hydroxylation sites is 1. The Morgan fingerprint density at radius 3 is 2.16 bits per heavy atom. The van der Waals surface area contributed by atoms with E-state index in [0.717, 1.165) is 87.2 Å². The normalized spacial score (nSPS) is 12.5. The number of aromatic nitrogens is 2. The number of furan rings is 1. The second-order valence-electron chi connectivity index (χ2n) is 17.2. The van der Waals surface area contributed by atoms with Crippen LogP contribution in [0.3, 0.4) is 0 Å². The molecule has 0 aliphatic rings. The molecule has 0 radical (unpaired) electrons. The summed E-state index contributed by atoms with van der Waals surface area (Å²) in [4.78, 5) is 10.3. The molecule has 3 aromatic heterocycles. The maximum absolute atomic E-state index is 11.8. The predicted octanol–water partition coefficient (Wildman–Crippen LogP) is 14.9. The fraction of sp³-hybridized carbons (Fsp3) is 0.154. The van der Waals surface area contributed by atoms with Crippen LogP contribution in [0.25, 0.3) is 97.8 Å². The third kappa shape index (κ3) is 5.96. The van der Waals surface area contributed by atoms with Crippen molar-refractivity contribution in [2.75, 3.05) is 0 Å². The molecule has 0 amide bonds. The number of hydrogen-bond acceptors (Lipinski definition) is 5. The van der Waals surface area contributed by atoms with Crippen LogP contribution < -0.4 is 0 Å². The molecule has 57 heavy (non-hydrogen) atoms. The maximum atomic E-state index is 11.8. The fourth-order valence-electron chi connectivity index (χ4n) is 8.21. The van der Waals surface area contributed by atoms with Crippen LogP contribution in [0.4, 0.5) is 0 Å². The number of nitrogens with zero attached hydrogens (tertiary/aromatic N) is 2. The first-order valence-corrected chi connectivity index (χ1v) is 20.3. The molecule has 3 heterocycles. The van der Waals surface area contributed by atoms with Crippen LogP contribution in [0.5, 0.6) is 5.75 Å². The van der Waals surface area contributed by atoms with Gasteiger partial charge in [-0.3, -0.25) is 4.98 Å². The summed E-state index contributed by atoms with van der Waals surface area (Å²) in [6.45, 7) is 13.1. The van der Waals surface area contributed by atoms with Gasteiger partial charge in [0.15, 0.2) is 0 Å². The monoisotopic (exact) mass is 758 g/mol. The molecule has 0 bridgehead atoms. The van der Waals surface area contributed by atoms with Crippen molar-refractivity contribution in [1.29, 1.82) is 0 Å². The lowest BCUT2D eigenvalue weighted by Gasteiger charge is -2.27. The molecular formula is C52H42N2O2S. The zero-order valence-corrected chi connectivity index (χ0v) is 33.8. The minimum absolute atomic E-state index is 0.104. The molecule has 278 valence electrons. The van der Waals surface area contributed by atoms with Gasteiger partial charge in [0.1, 0.15) is 21.9 Å². The third-order valence-electron chi connectivity index (χ3n) is 11.3. The summed E-state index contributed by atoms with van der Waals surface area (Å²) in [6, 6.07) is 47.2. The van der Waals surface area contributed by atoms with Gasteiger partial charge in [-0.05, 0) is 103 Å². The first-order chi connectivity index (χ1) is 27.4. The van der Waals surface area contributed by atoms with Crippen LogP contribution >= 0.6 is 11.3 Å². The average Bonchev–Trinajstić information content (AvgIpc) is 3.81. The number of benzene rings is 7. The van der Waals surface area contributed by atoms with E-state index in [0.29, 0.717) is 5.75 Å². The van der Waals surface area contributed by atoms with Crippen LogP contribution in [0.15, 0.2) is 144 Å². The highest BCUT2D eigenvalue weighted by atomic mass is 32.1. The van der Waals surface area contributed by atoms with Gasteiger partial charge in [-0.2, -0.15) is 0 Å². The Kier molecular flexibility index (Phi) is 7.93. The molecule has 0 saturated carbocycles. The Morgan fingerprint density at radius 2 is 1.35 bits per heavy atom. The molecule has 0 atom stereocenters. The fourth-order valence-corrected chi connectivity index (χ4v) is 9.22. The molecule has 1 N–H and O–H groups in total. The Bertz CT molecular complexity index is 3210. The molecule has 10 aromatic rings. The third-order valence-corrected chi connectivity index (χ3v) is 12.4. The number of phenols is 1. The molecular weight excluding hydrogens is 717 g/mol. The van der Waals surface area contributed by atoms with E-state index in [1.165, 1.54) is 21.7 Å². The van der Waals surface area contributed by atoms with Crippen molar-refractivity contribution in [3.05, 3.63) is 151 Å². The summed E-state index contributed by atoms with van der Waals surface area (Å²) in [7, 11) is 0. The Labute approximate surface area is 336 Å². The zero-order chi connectivity index (χ0) is 39.2. The minimum Gasteiger partial charge on any atom is -0.507 e. The van der Waals surface area contributed by atoms with Gasteiger partial charge >= 0.3 is 0 Å². The van der Waals surface area contributed by atoms with Crippen LogP contribution in [0.2, 0.25) is 0 Å². The molecule has 0 unspecified atom stereocenters. The number of phenolic OH excluding ortho intramolecular Hbond substituents is 1. The highest BCUT2D eigenvalue weighted by Crippen LogP contribution is 2.47. The smallest absolute Gasteiger partial charge is 0.144 e. The Hall–Kier alpha value is -6.30. The van der Waals surface area contributed by atoms with Crippen molar-refractivity contribution in [1.82, 2.24) is 9.97 Å². The van der Waals surface area contributed by atoms with E-state index < -0.39 is 0 Å². The molecule has 0 fully saturated rings. The maximum Gasteiger partial charge on any atom is 0.144 e. The van der Waals surface area contributed by atoms with E-state index in [2.05, 4.69) is 169 Å².